The number of anilines is 7. The molecule has 0 unspecified atom stereocenters. The van der Waals surface area contributed by atoms with Gasteiger partial charge < -0.3 is 45.1 Å². The lowest BCUT2D eigenvalue weighted by Gasteiger charge is -1.92. The molecule has 0 radical (unpaired) electrons. The van der Waals surface area contributed by atoms with Crippen molar-refractivity contribution in [3.63, 3.8) is 0 Å². The molecule has 0 aliphatic rings. The molecular formula is C54H65Cl2N9. The number of hydrogen-bond acceptors (Lipinski definition) is 8. The molecule has 340 valence electrons. The second-order valence-corrected chi connectivity index (χ2v) is 14.6. The third kappa shape index (κ3) is 26.5. The van der Waals surface area contributed by atoms with Crippen molar-refractivity contribution >= 4 is 73.9 Å². The van der Waals surface area contributed by atoms with Gasteiger partial charge in [-0.15, -0.1) is 0 Å². The Labute approximate surface area is 396 Å². The number of nitrogens with two attached hydrogens (primary N) is 7. The number of halogens is 2. The average Bonchev–Trinajstić information content (AvgIpc) is 3.78. The summed E-state index contributed by atoms with van der Waals surface area (Å²) >= 11 is 11.1. The zero-order valence-electron chi connectivity index (χ0n) is 36.7. The Morgan fingerprint density at radius 2 is 0.938 bits per heavy atom. The molecule has 15 N–H and O–H groups in total. The lowest BCUT2D eigenvalue weighted by molar-refractivity contribution is 1.14. The van der Waals surface area contributed by atoms with E-state index in [1.807, 2.05) is 147 Å². The molecule has 65 heavy (non-hydrogen) atoms. The van der Waals surface area contributed by atoms with Gasteiger partial charge in [0.15, 0.2) is 0 Å². The molecule has 0 saturated heterocycles. The minimum Gasteiger partial charge on any atom is -0.399 e. The molecule has 9 rings (SSSR count). The Bertz CT molecular complexity index is 2360. The molecule has 0 aliphatic heterocycles. The highest BCUT2D eigenvalue weighted by atomic mass is 35.5. The number of pyridine rings is 1. The summed E-state index contributed by atoms with van der Waals surface area (Å²) in [4.78, 5) is 6.84. The fourth-order valence-corrected chi connectivity index (χ4v) is 5.31. The van der Waals surface area contributed by atoms with E-state index in [0.717, 1.165) is 40.1 Å². The summed E-state index contributed by atoms with van der Waals surface area (Å²) in [5.74, 6) is 0. The quantitative estimate of drug-likeness (QED) is 0.0741. The number of para-hydroxylation sites is 2. The van der Waals surface area contributed by atoms with Gasteiger partial charge in [0, 0.05) is 63.0 Å². The van der Waals surface area contributed by atoms with Crippen molar-refractivity contribution in [1.29, 1.82) is 0 Å². The van der Waals surface area contributed by atoms with Crippen LogP contribution in [0.4, 0.5) is 39.8 Å². The van der Waals surface area contributed by atoms with Crippen LogP contribution in [0.5, 0.6) is 0 Å². The van der Waals surface area contributed by atoms with E-state index in [1.54, 1.807) is 54.9 Å². The van der Waals surface area contributed by atoms with Gasteiger partial charge in [-0.2, -0.15) is 0 Å². The highest BCUT2D eigenvalue weighted by Crippen LogP contribution is 2.18. The molecular weight excluding hydrogens is 846 g/mol. The van der Waals surface area contributed by atoms with Crippen LogP contribution >= 0.6 is 23.2 Å². The Morgan fingerprint density at radius 1 is 0.462 bits per heavy atom. The van der Waals surface area contributed by atoms with Crippen LogP contribution in [0.3, 0.4) is 0 Å². The predicted octanol–water partition coefficient (Wildman–Crippen LogP) is 13.6. The summed E-state index contributed by atoms with van der Waals surface area (Å²) < 4.78 is 0. The number of hydrogen-bond donors (Lipinski definition) is 8. The first kappa shape index (κ1) is 55.4. The fourth-order valence-electron chi connectivity index (χ4n) is 4.97. The van der Waals surface area contributed by atoms with Gasteiger partial charge in [0.2, 0.25) is 0 Å². The first-order chi connectivity index (χ1) is 30.8. The Kier molecular flexibility index (Phi) is 28.2. The van der Waals surface area contributed by atoms with Gasteiger partial charge in [-0.25, -0.2) is 0 Å². The number of H-pyrrole nitrogens is 1. The van der Waals surface area contributed by atoms with Gasteiger partial charge in [0.05, 0.1) is 16.4 Å². The van der Waals surface area contributed by atoms with E-state index in [4.69, 9.17) is 63.3 Å². The normalized spacial score (nSPS) is 9.06. The van der Waals surface area contributed by atoms with Crippen LogP contribution in [0.25, 0.3) is 10.9 Å². The van der Waals surface area contributed by atoms with Gasteiger partial charge in [-0.1, -0.05) is 135 Å². The minimum absolute atomic E-state index is 0. The van der Waals surface area contributed by atoms with Gasteiger partial charge in [0.25, 0.3) is 0 Å². The molecule has 0 spiro atoms. The van der Waals surface area contributed by atoms with Crippen molar-refractivity contribution in [2.75, 3.05) is 40.1 Å². The van der Waals surface area contributed by atoms with Crippen molar-refractivity contribution in [3.8, 4) is 0 Å². The molecule has 0 aliphatic carbocycles. The molecule has 9 nitrogen and oxygen atoms in total. The van der Waals surface area contributed by atoms with Gasteiger partial charge in [-0.3, -0.25) is 4.98 Å². The van der Waals surface area contributed by atoms with Crippen molar-refractivity contribution in [2.24, 2.45) is 0 Å². The van der Waals surface area contributed by atoms with Crippen LogP contribution in [-0.4, -0.2) is 9.97 Å². The number of fused-ring (bicyclic) bond motifs is 1. The predicted molar refractivity (Wildman–Crippen MR) is 288 cm³/mol. The lowest BCUT2D eigenvalue weighted by Crippen LogP contribution is -1.82. The number of nitrogen functional groups attached to an aromatic ring is 7. The van der Waals surface area contributed by atoms with Crippen LogP contribution in [0.1, 0.15) is 31.0 Å². The average molecular weight is 911 g/mol. The highest BCUT2D eigenvalue weighted by molar-refractivity contribution is 6.33. The zero-order valence-corrected chi connectivity index (χ0v) is 38.2. The topological polar surface area (TPSA) is 211 Å². The molecule has 9 aromatic rings. The van der Waals surface area contributed by atoms with Gasteiger partial charge >= 0.3 is 0 Å². The number of nitrogens with one attached hydrogen (secondary N) is 1. The van der Waals surface area contributed by atoms with Crippen molar-refractivity contribution < 1.29 is 0 Å². The molecule has 0 amide bonds. The highest BCUT2D eigenvalue weighted by Gasteiger charge is 1.94. The summed E-state index contributed by atoms with van der Waals surface area (Å²) in [6, 6.07) is 61.3. The third-order valence-electron chi connectivity index (χ3n) is 8.20. The second-order valence-electron chi connectivity index (χ2n) is 13.7. The van der Waals surface area contributed by atoms with Gasteiger partial charge in [0.1, 0.15) is 0 Å². The van der Waals surface area contributed by atoms with Crippen LogP contribution in [0, 0.1) is 13.8 Å². The summed E-state index contributed by atoms with van der Waals surface area (Å²) in [5, 5.41) is 2.40. The summed E-state index contributed by atoms with van der Waals surface area (Å²) in [6.45, 7) is 6.21. The number of aromatic amines is 1. The van der Waals surface area contributed by atoms with Crippen LogP contribution < -0.4 is 40.1 Å². The first-order valence-electron chi connectivity index (χ1n) is 20.2. The van der Waals surface area contributed by atoms with Crippen molar-refractivity contribution in [1.82, 2.24) is 9.97 Å². The first-order valence-corrected chi connectivity index (χ1v) is 21.0. The van der Waals surface area contributed by atoms with E-state index in [9.17, 15) is 0 Å². The molecule has 0 bridgehead atoms. The van der Waals surface area contributed by atoms with Crippen molar-refractivity contribution in [3.05, 3.63) is 239 Å². The molecule has 11 heteroatoms. The molecule has 2 heterocycles. The second kappa shape index (κ2) is 33.0. The maximum Gasteiger partial charge on any atom is 0.0635 e. The van der Waals surface area contributed by atoms with E-state index >= 15 is 0 Å². The molecule has 7 aromatic carbocycles. The summed E-state index contributed by atoms with van der Waals surface area (Å²) in [5.41, 5.74) is 48.3. The van der Waals surface area contributed by atoms with Crippen LogP contribution in [0.2, 0.25) is 10.0 Å². The van der Waals surface area contributed by atoms with E-state index < -0.39 is 0 Å². The van der Waals surface area contributed by atoms with E-state index in [2.05, 4.69) is 41.2 Å². The van der Waals surface area contributed by atoms with E-state index in [1.165, 1.54) is 16.7 Å². The summed E-state index contributed by atoms with van der Waals surface area (Å²) in [6.07, 6.45) is 6.33. The maximum atomic E-state index is 5.68. The number of nitrogens with zero attached hydrogens (tertiary/aromatic N) is 1. The SMILES string of the molecule is C.CCc1ccccc1.Cc1cccc(N)c1.Cc1cccc(N)c1.Nc1cccc(Cl)c1.Nc1cccc2[nH]ccc12.Nc1ccccc1.Nc1ccccc1Cl.Nc1cccnc1. The Hall–Kier alpha value is -7.59. The molecule has 0 saturated carbocycles. The Morgan fingerprint density at radius 3 is 1.28 bits per heavy atom. The van der Waals surface area contributed by atoms with E-state index in [-0.39, 0.29) is 7.43 Å². The molecule has 2 aromatic heterocycles. The standard InChI is InChI=1S/C8H8N2.C8H10.2C7H9N.2C6H6ClN.C6H7N.C5H6N2.CH4/c9-7-2-1-3-8-6(7)4-5-10-8;1-2-8-6-4-3-5-7-8;2*1-6-3-2-4-7(8)5-6;7-5-2-1-3-6(8)4-5;7-5-3-1-2-4-6(5)8;7-6-4-2-1-3-5-6;6-5-2-1-3-7-4-5;/h1-5,10H,9H2;3-7H,2H2,1H3;2*2-5H,8H2,1H3;2*1-4H,8H2;1-5H,7H2;1-4H,6H2;1H4. The largest absolute Gasteiger partial charge is 0.399 e. The number of aryl methyl sites for hydroxylation is 3. The Balaban J connectivity index is 0.000000372. The third-order valence-corrected chi connectivity index (χ3v) is 8.78. The van der Waals surface area contributed by atoms with Crippen LogP contribution in [-0.2, 0) is 6.42 Å². The molecule has 0 atom stereocenters. The smallest absolute Gasteiger partial charge is 0.0635 e. The number of benzene rings is 7. The van der Waals surface area contributed by atoms with E-state index in [0.29, 0.717) is 27.1 Å². The van der Waals surface area contributed by atoms with Gasteiger partial charge in [-0.05, 0) is 134 Å². The van der Waals surface area contributed by atoms with Crippen molar-refractivity contribution in [2.45, 2.75) is 34.6 Å². The van der Waals surface area contributed by atoms with Crippen LogP contribution in [0.15, 0.2) is 213 Å². The fraction of sp³-hybridized carbons (Fsp3) is 0.0926. The zero-order chi connectivity index (χ0) is 47.0. The number of rotatable bonds is 1. The molecule has 0 fully saturated rings. The number of aromatic nitrogens is 2. The maximum absolute atomic E-state index is 5.68. The monoisotopic (exact) mass is 909 g/mol. The summed E-state index contributed by atoms with van der Waals surface area (Å²) in [7, 11) is 0. The minimum atomic E-state index is 0. The lowest BCUT2D eigenvalue weighted by atomic mass is 10.2.